The van der Waals surface area contributed by atoms with E-state index < -0.39 is 0 Å². The van der Waals surface area contributed by atoms with Gasteiger partial charge in [-0.05, 0) is 32.9 Å². The molecule has 6 heteroatoms. The van der Waals surface area contributed by atoms with Crippen molar-refractivity contribution in [3.8, 4) is 0 Å². The van der Waals surface area contributed by atoms with Crippen LogP contribution in [0.15, 0.2) is 6.20 Å². The van der Waals surface area contributed by atoms with Gasteiger partial charge in [0.05, 0.1) is 6.20 Å². The van der Waals surface area contributed by atoms with Gasteiger partial charge in [-0.2, -0.15) is 15.4 Å². The van der Waals surface area contributed by atoms with Gasteiger partial charge in [-0.25, -0.2) is 0 Å². The van der Waals surface area contributed by atoms with Gasteiger partial charge in [0.1, 0.15) is 0 Å². The average molecular weight is 223 g/mol. The maximum Gasteiger partial charge on any atom is 0.273 e. The van der Waals surface area contributed by atoms with Gasteiger partial charge in [-0.1, -0.05) is 0 Å². The standard InChI is InChI=1S/C10H17N5O/c1-8(7-15-4-2-3-5-15)12-10(16)9-6-11-14-13-9/h6,8H,2-5,7H2,1H3,(H,12,16)(H,11,13,14). The highest BCUT2D eigenvalue weighted by atomic mass is 16.2. The molecular weight excluding hydrogens is 206 g/mol. The molecule has 1 aliphatic rings. The van der Waals surface area contributed by atoms with Gasteiger partial charge >= 0.3 is 0 Å². The highest BCUT2D eigenvalue weighted by molar-refractivity contribution is 5.91. The lowest BCUT2D eigenvalue weighted by Crippen LogP contribution is -2.41. The molecule has 1 amide bonds. The molecule has 1 fully saturated rings. The Morgan fingerprint density at radius 1 is 1.62 bits per heavy atom. The summed E-state index contributed by atoms with van der Waals surface area (Å²) in [6, 6.07) is 0.141. The number of H-pyrrole nitrogens is 1. The van der Waals surface area contributed by atoms with Crippen molar-refractivity contribution in [2.45, 2.75) is 25.8 Å². The number of nitrogens with zero attached hydrogens (tertiary/aromatic N) is 3. The number of amides is 1. The highest BCUT2D eigenvalue weighted by Gasteiger charge is 2.17. The van der Waals surface area contributed by atoms with Gasteiger partial charge in [0, 0.05) is 12.6 Å². The van der Waals surface area contributed by atoms with Gasteiger partial charge in [0.15, 0.2) is 5.69 Å². The molecule has 0 saturated carbocycles. The molecule has 2 heterocycles. The summed E-state index contributed by atoms with van der Waals surface area (Å²) < 4.78 is 0. The number of carbonyl (C=O) groups is 1. The van der Waals surface area contributed by atoms with Crippen LogP contribution in [0, 0.1) is 0 Å². The van der Waals surface area contributed by atoms with E-state index in [1.165, 1.54) is 19.0 Å². The second-order valence-corrected chi connectivity index (χ2v) is 4.24. The topological polar surface area (TPSA) is 73.9 Å². The minimum absolute atomic E-state index is 0.141. The Morgan fingerprint density at radius 3 is 3.00 bits per heavy atom. The fourth-order valence-corrected chi connectivity index (χ4v) is 2.01. The summed E-state index contributed by atoms with van der Waals surface area (Å²) in [4.78, 5) is 14.0. The summed E-state index contributed by atoms with van der Waals surface area (Å²) in [6.45, 7) is 5.20. The Balaban J connectivity index is 1.78. The number of hydrogen-bond acceptors (Lipinski definition) is 4. The van der Waals surface area contributed by atoms with Crippen LogP contribution in [0.5, 0.6) is 0 Å². The maximum atomic E-state index is 11.6. The van der Waals surface area contributed by atoms with Crippen LogP contribution < -0.4 is 5.32 Å². The molecule has 0 spiro atoms. The second kappa shape index (κ2) is 5.07. The fourth-order valence-electron chi connectivity index (χ4n) is 2.01. The van der Waals surface area contributed by atoms with Crippen LogP contribution in [-0.4, -0.2) is 51.9 Å². The zero-order valence-electron chi connectivity index (χ0n) is 9.44. The second-order valence-electron chi connectivity index (χ2n) is 4.24. The molecule has 0 radical (unpaired) electrons. The summed E-state index contributed by atoms with van der Waals surface area (Å²) in [5.41, 5.74) is 0.341. The lowest BCUT2D eigenvalue weighted by Gasteiger charge is -2.20. The minimum Gasteiger partial charge on any atom is -0.347 e. The maximum absolute atomic E-state index is 11.6. The van der Waals surface area contributed by atoms with Gasteiger partial charge in [0.2, 0.25) is 0 Å². The fraction of sp³-hybridized carbons (Fsp3) is 0.700. The van der Waals surface area contributed by atoms with Gasteiger partial charge in [-0.15, -0.1) is 0 Å². The molecular formula is C10H17N5O. The molecule has 0 aromatic carbocycles. The smallest absolute Gasteiger partial charge is 0.273 e. The summed E-state index contributed by atoms with van der Waals surface area (Å²) in [6.07, 6.45) is 3.96. The molecule has 6 nitrogen and oxygen atoms in total. The largest absolute Gasteiger partial charge is 0.347 e. The Kier molecular flexibility index (Phi) is 3.51. The van der Waals surface area contributed by atoms with Crippen LogP contribution in [0.3, 0.4) is 0 Å². The third-order valence-electron chi connectivity index (χ3n) is 2.76. The van der Waals surface area contributed by atoms with E-state index in [2.05, 4.69) is 25.6 Å². The molecule has 1 atom stereocenters. The highest BCUT2D eigenvalue weighted by Crippen LogP contribution is 2.07. The van der Waals surface area contributed by atoms with Gasteiger partial charge < -0.3 is 10.2 Å². The van der Waals surface area contributed by atoms with E-state index in [4.69, 9.17) is 0 Å². The summed E-state index contributed by atoms with van der Waals surface area (Å²) in [5.74, 6) is -0.166. The Hall–Kier alpha value is -1.43. The van der Waals surface area contributed by atoms with Crippen LogP contribution in [0.4, 0.5) is 0 Å². The predicted octanol–water partition coefficient (Wildman–Crippen LogP) is 0.0188. The van der Waals surface area contributed by atoms with Crippen molar-refractivity contribution in [3.05, 3.63) is 11.9 Å². The van der Waals surface area contributed by atoms with E-state index in [-0.39, 0.29) is 11.9 Å². The number of aromatic nitrogens is 3. The number of aromatic amines is 1. The third-order valence-corrected chi connectivity index (χ3v) is 2.76. The van der Waals surface area contributed by atoms with Crippen molar-refractivity contribution in [2.24, 2.45) is 0 Å². The first-order chi connectivity index (χ1) is 7.75. The third kappa shape index (κ3) is 2.79. The van der Waals surface area contributed by atoms with Crippen molar-refractivity contribution in [2.75, 3.05) is 19.6 Å². The predicted molar refractivity (Wildman–Crippen MR) is 59.0 cm³/mol. The molecule has 1 aliphatic heterocycles. The van der Waals surface area contributed by atoms with Crippen molar-refractivity contribution in [1.82, 2.24) is 25.6 Å². The molecule has 2 rings (SSSR count). The molecule has 88 valence electrons. The zero-order chi connectivity index (χ0) is 11.4. The van der Waals surface area contributed by atoms with E-state index in [9.17, 15) is 4.79 Å². The molecule has 0 bridgehead atoms. The van der Waals surface area contributed by atoms with E-state index in [1.54, 1.807) is 0 Å². The van der Waals surface area contributed by atoms with Gasteiger partial charge in [-0.3, -0.25) is 4.79 Å². The summed E-state index contributed by atoms with van der Waals surface area (Å²) >= 11 is 0. The van der Waals surface area contributed by atoms with Crippen LogP contribution >= 0.6 is 0 Å². The lowest BCUT2D eigenvalue weighted by molar-refractivity contribution is 0.0927. The number of carbonyl (C=O) groups excluding carboxylic acids is 1. The van der Waals surface area contributed by atoms with Crippen molar-refractivity contribution in [3.63, 3.8) is 0 Å². The molecule has 1 saturated heterocycles. The number of rotatable bonds is 4. The first-order valence-electron chi connectivity index (χ1n) is 5.64. The van der Waals surface area contributed by atoms with Crippen molar-refractivity contribution >= 4 is 5.91 Å². The zero-order valence-corrected chi connectivity index (χ0v) is 9.44. The summed E-state index contributed by atoms with van der Waals surface area (Å²) in [5, 5.41) is 12.7. The molecule has 2 N–H and O–H groups in total. The number of likely N-dealkylation sites (tertiary alicyclic amines) is 1. The van der Waals surface area contributed by atoms with Crippen LogP contribution in [0.25, 0.3) is 0 Å². The average Bonchev–Trinajstić information content (AvgIpc) is 2.88. The first-order valence-corrected chi connectivity index (χ1v) is 5.64. The quantitative estimate of drug-likeness (QED) is 0.754. The van der Waals surface area contributed by atoms with Crippen molar-refractivity contribution < 1.29 is 4.79 Å². The Labute approximate surface area is 94.4 Å². The SMILES string of the molecule is CC(CN1CCCC1)NC(=O)c1cn[nH]n1. The van der Waals surface area contributed by atoms with Crippen LogP contribution in [0.1, 0.15) is 30.3 Å². The Morgan fingerprint density at radius 2 is 2.38 bits per heavy atom. The Bertz CT molecular complexity index is 331. The van der Waals surface area contributed by atoms with Crippen molar-refractivity contribution in [1.29, 1.82) is 0 Å². The monoisotopic (exact) mass is 223 g/mol. The molecule has 1 unspecified atom stereocenters. The van der Waals surface area contributed by atoms with E-state index in [1.807, 2.05) is 6.92 Å². The number of hydrogen-bond donors (Lipinski definition) is 2. The van der Waals surface area contributed by atoms with Gasteiger partial charge in [0.25, 0.3) is 5.91 Å². The molecule has 0 aliphatic carbocycles. The summed E-state index contributed by atoms with van der Waals surface area (Å²) in [7, 11) is 0. The lowest BCUT2D eigenvalue weighted by atomic mass is 10.3. The molecule has 1 aromatic rings. The van der Waals surface area contributed by atoms with E-state index >= 15 is 0 Å². The van der Waals surface area contributed by atoms with E-state index in [0.717, 1.165) is 19.6 Å². The van der Waals surface area contributed by atoms with Crippen LogP contribution in [0.2, 0.25) is 0 Å². The molecule has 1 aromatic heterocycles. The first kappa shape index (κ1) is 11.1. The molecule has 16 heavy (non-hydrogen) atoms. The van der Waals surface area contributed by atoms with Crippen LogP contribution in [-0.2, 0) is 0 Å². The normalized spacial score (nSPS) is 18.6. The minimum atomic E-state index is -0.166. The number of nitrogens with one attached hydrogen (secondary N) is 2. The van der Waals surface area contributed by atoms with E-state index in [0.29, 0.717) is 5.69 Å².